The Morgan fingerprint density at radius 3 is 2.55 bits per heavy atom. The molecule has 2 atom stereocenters. The number of hydrogen-bond acceptors (Lipinski definition) is 2. The molecule has 0 aromatic heterocycles. The van der Waals surface area contributed by atoms with Gasteiger partial charge in [-0.05, 0) is 50.4 Å². The third kappa shape index (κ3) is 3.39. The zero-order valence-corrected chi connectivity index (χ0v) is 13.7. The summed E-state index contributed by atoms with van der Waals surface area (Å²) in [4.78, 5) is 2.83. The molecule has 0 spiro atoms. The van der Waals surface area contributed by atoms with Crippen LogP contribution in [0.15, 0.2) is 0 Å². The second-order valence-electron chi connectivity index (χ2n) is 7.94. The zero-order valence-electron chi connectivity index (χ0n) is 13.7. The lowest BCUT2D eigenvalue weighted by Gasteiger charge is -2.44. The Kier molecular flexibility index (Phi) is 4.72. The highest BCUT2D eigenvalue weighted by Gasteiger charge is 2.44. The smallest absolute Gasteiger partial charge is 0.0224 e. The predicted molar refractivity (Wildman–Crippen MR) is 86.0 cm³/mol. The van der Waals surface area contributed by atoms with Crippen LogP contribution in [0.2, 0.25) is 0 Å². The molecule has 1 heterocycles. The Morgan fingerprint density at radius 1 is 1.15 bits per heavy atom. The fourth-order valence-corrected chi connectivity index (χ4v) is 4.65. The summed E-state index contributed by atoms with van der Waals surface area (Å²) in [6, 6.07) is 1.52. The second kappa shape index (κ2) is 6.36. The molecule has 1 N–H and O–H groups in total. The second-order valence-corrected chi connectivity index (χ2v) is 7.94. The summed E-state index contributed by atoms with van der Waals surface area (Å²) in [5.74, 6) is 0.958. The van der Waals surface area contributed by atoms with Gasteiger partial charge in [0.15, 0.2) is 0 Å². The number of piperazine rings is 1. The maximum Gasteiger partial charge on any atom is 0.0224 e. The average molecular weight is 278 g/mol. The van der Waals surface area contributed by atoms with Crippen LogP contribution >= 0.6 is 0 Å². The zero-order chi connectivity index (χ0) is 14.0. The van der Waals surface area contributed by atoms with Crippen LogP contribution in [0, 0.1) is 11.3 Å². The van der Waals surface area contributed by atoms with Crippen molar-refractivity contribution in [2.75, 3.05) is 19.6 Å². The van der Waals surface area contributed by atoms with Crippen molar-refractivity contribution >= 4 is 0 Å². The lowest BCUT2D eigenvalue weighted by Crippen LogP contribution is -2.59. The van der Waals surface area contributed by atoms with E-state index in [4.69, 9.17) is 0 Å². The molecule has 1 saturated heterocycles. The van der Waals surface area contributed by atoms with Gasteiger partial charge in [-0.25, -0.2) is 0 Å². The highest BCUT2D eigenvalue weighted by molar-refractivity contribution is 4.98. The molecule has 0 amide bonds. The summed E-state index contributed by atoms with van der Waals surface area (Å²) in [5.41, 5.74) is 0.720. The van der Waals surface area contributed by atoms with Gasteiger partial charge in [0.2, 0.25) is 0 Å². The molecule has 2 aliphatic carbocycles. The molecule has 3 aliphatic rings. The van der Waals surface area contributed by atoms with E-state index in [0.717, 1.165) is 23.4 Å². The van der Waals surface area contributed by atoms with Crippen molar-refractivity contribution in [3.8, 4) is 0 Å². The first-order chi connectivity index (χ1) is 9.72. The molecule has 0 bridgehead atoms. The van der Waals surface area contributed by atoms with Gasteiger partial charge in [0.25, 0.3) is 0 Å². The largest absolute Gasteiger partial charge is 0.311 e. The van der Waals surface area contributed by atoms with Crippen LogP contribution in [0.3, 0.4) is 0 Å². The third-order valence-electron chi connectivity index (χ3n) is 6.22. The standard InChI is InChI=1S/C18H34N2/c1-3-9-18(10-11-18)14-20-13-17(19-12-15(20)2)16-7-5-4-6-8-16/h15-17,19H,3-14H2,1-2H3. The Morgan fingerprint density at radius 2 is 1.90 bits per heavy atom. The summed E-state index contributed by atoms with van der Waals surface area (Å²) in [7, 11) is 0. The van der Waals surface area contributed by atoms with E-state index >= 15 is 0 Å². The van der Waals surface area contributed by atoms with E-state index in [9.17, 15) is 0 Å². The monoisotopic (exact) mass is 278 g/mol. The van der Waals surface area contributed by atoms with Gasteiger partial charge in [0.1, 0.15) is 0 Å². The predicted octanol–water partition coefficient (Wildman–Crippen LogP) is 3.81. The fraction of sp³-hybridized carbons (Fsp3) is 1.00. The molecule has 20 heavy (non-hydrogen) atoms. The molecular weight excluding hydrogens is 244 g/mol. The van der Waals surface area contributed by atoms with Crippen molar-refractivity contribution in [1.29, 1.82) is 0 Å². The number of nitrogens with one attached hydrogen (secondary N) is 1. The van der Waals surface area contributed by atoms with Crippen LogP contribution in [-0.2, 0) is 0 Å². The van der Waals surface area contributed by atoms with Crippen LogP contribution in [-0.4, -0.2) is 36.6 Å². The number of rotatable bonds is 5. The van der Waals surface area contributed by atoms with Gasteiger partial charge in [-0.2, -0.15) is 0 Å². The van der Waals surface area contributed by atoms with Crippen LogP contribution in [0.1, 0.15) is 71.6 Å². The molecule has 116 valence electrons. The fourth-order valence-electron chi connectivity index (χ4n) is 4.65. The molecule has 2 saturated carbocycles. The maximum absolute atomic E-state index is 3.87. The van der Waals surface area contributed by atoms with Gasteiger partial charge >= 0.3 is 0 Å². The van der Waals surface area contributed by atoms with Crippen molar-refractivity contribution in [3.63, 3.8) is 0 Å². The minimum absolute atomic E-state index is 0.720. The first-order valence-corrected chi connectivity index (χ1v) is 9.20. The van der Waals surface area contributed by atoms with Gasteiger partial charge in [-0.1, -0.05) is 32.6 Å². The third-order valence-corrected chi connectivity index (χ3v) is 6.22. The quantitative estimate of drug-likeness (QED) is 0.822. The van der Waals surface area contributed by atoms with E-state index in [1.165, 1.54) is 77.4 Å². The molecule has 3 fully saturated rings. The minimum atomic E-state index is 0.720. The molecular formula is C18H34N2. The van der Waals surface area contributed by atoms with Crippen molar-refractivity contribution in [2.45, 2.75) is 83.7 Å². The molecule has 0 aromatic rings. The van der Waals surface area contributed by atoms with E-state index in [1.54, 1.807) is 0 Å². The van der Waals surface area contributed by atoms with E-state index in [2.05, 4.69) is 24.1 Å². The summed E-state index contributed by atoms with van der Waals surface area (Å²) < 4.78 is 0. The van der Waals surface area contributed by atoms with Crippen LogP contribution in [0.4, 0.5) is 0 Å². The molecule has 0 aromatic carbocycles. The molecule has 2 heteroatoms. The highest BCUT2D eigenvalue weighted by Crippen LogP contribution is 2.50. The van der Waals surface area contributed by atoms with Gasteiger partial charge in [-0.3, -0.25) is 4.90 Å². The lowest BCUT2D eigenvalue weighted by molar-refractivity contribution is 0.0825. The van der Waals surface area contributed by atoms with Crippen molar-refractivity contribution in [1.82, 2.24) is 10.2 Å². The summed E-state index contributed by atoms with van der Waals surface area (Å²) >= 11 is 0. The Balaban J connectivity index is 1.55. The first kappa shape index (κ1) is 14.8. The summed E-state index contributed by atoms with van der Waals surface area (Å²) in [5, 5.41) is 3.87. The first-order valence-electron chi connectivity index (χ1n) is 9.20. The molecule has 2 unspecified atom stereocenters. The van der Waals surface area contributed by atoms with E-state index < -0.39 is 0 Å². The number of hydrogen-bond donors (Lipinski definition) is 1. The normalized spacial score (nSPS) is 35.1. The molecule has 3 rings (SSSR count). The van der Waals surface area contributed by atoms with Crippen molar-refractivity contribution < 1.29 is 0 Å². The summed E-state index contributed by atoms with van der Waals surface area (Å²) in [6.07, 6.45) is 13.2. The molecule has 0 radical (unpaired) electrons. The SMILES string of the molecule is CCCC1(CN2CC(C3CCCCC3)NCC2C)CC1. The Labute approximate surface area is 125 Å². The average Bonchev–Trinajstić information content (AvgIpc) is 3.22. The van der Waals surface area contributed by atoms with Gasteiger partial charge in [0.05, 0.1) is 0 Å². The Hall–Kier alpha value is -0.0800. The van der Waals surface area contributed by atoms with Crippen molar-refractivity contribution in [2.24, 2.45) is 11.3 Å². The topological polar surface area (TPSA) is 15.3 Å². The van der Waals surface area contributed by atoms with E-state index in [0.29, 0.717) is 0 Å². The van der Waals surface area contributed by atoms with Gasteiger partial charge in [0, 0.05) is 31.7 Å². The van der Waals surface area contributed by atoms with Gasteiger partial charge < -0.3 is 5.32 Å². The van der Waals surface area contributed by atoms with Crippen molar-refractivity contribution in [3.05, 3.63) is 0 Å². The molecule has 2 nitrogen and oxygen atoms in total. The van der Waals surface area contributed by atoms with E-state index in [-0.39, 0.29) is 0 Å². The highest BCUT2D eigenvalue weighted by atomic mass is 15.2. The minimum Gasteiger partial charge on any atom is -0.311 e. The van der Waals surface area contributed by atoms with Crippen LogP contribution in [0.5, 0.6) is 0 Å². The van der Waals surface area contributed by atoms with E-state index in [1.807, 2.05) is 0 Å². The van der Waals surface area contributed by atoms with Gasteiger partial charge in [-0.15, -0.1) is 0 Å². The Bertz CT molecular complexity index is 305. The lowest BCUT2D eigenvalue weighted by atomic mass is 9.82. The van der Waals surface area contributed by atoms with Crippen LogP contribution < -0.4 is 5.32 Å². The molecule has 1 aliphatic heterocycles. The maximum atomic E-state index is 3.87. The summed E-state index contributed by atoms with van der Waals surface area (Å²) in [6.45, 7) is 8.69. The number of nitrogens with zero attached hydrogens (tertiary/aromatic N) is 1. The van der Waals surface area contributed by atoms with Crippen LogP contribution in [0.25, 0.3) is 0 Å².